The van der Waals surface area contributed by atoms with Crippen LogP contribution in [-0.2, 0) is 38.1 Å². The number of carbonyl (C=O) groups is 4. The highest BCUT2D eigenvalue weighted by Gasteiger charge is 2.52. The first-order valence-corrected chi connectivity index (χ1v) is 24.8. The number of pyridine rings is 1. The van der Waals surface area contributed by atoms with E-state index in [-0.39, 0.29) is 61.6 Å². The zero-order valence-electron chi connectivity index (χ0n) is 42.2. The second-order valence-corrected chi connectivity index (χ2v) is 20.5. The molecule has 70 heavy (non-hydrogen) atoms. The van der Waals surface area contributed by atoms with Crippen LogP contribution in [0.15, 0.2) is 35.8 Å². The Morgan fingerprint density at radius 2 is 1.74 bits per heavy atom. The summed E-state index contributed by atoms with van der Waals surface area (Å²) in [4.78, 5) is 69.0. The minimum Gasteiger partial charge on any atom is -0.477 e. The number of fused-ring (bicyclic) bond motifs is 1. The number of carboxylic acid groups (broad SMARTS) is 1. The van der Waals surface area contributed by atoms with Gasteiger partial charge in [0, 0.05) is 55.3 Å². The number of halogens is 1. The van der Waals surface area contributed by atoms with E-state index in [1.807, 2.05) is 25.9 Å². The molecule has 1 aromatic heterocycles. The molecule has 3 aliphatic rings. The number of nitrogens with one attached hydrogen (secondary N) is 3. The maximum atomic E-state index is 14.3. The number of carboxylic acids is 1. The van der Waals surface area contributed by atoms with Crippen LogP contribution in [0.25, 0.3) is 10.9 Å². The number of aromatic carboxylic acids is 1. The number of rotatable bonds is 17. The van der Waals surface area contributed by atoms with Crippen LogP contribution in [-0.4, -0.2) is 160 Å². The quantitative estimate of drug-likeness (QED) is 0.0671. The van der Waals surface area contributed by atoms with Gasteiger partial charge in [-0.2, -0.15) is 0 Å². The summed E-state index contributed by atoms with van der Waals surface area (Å²) in [6, 6.07) is 2.31. The molecule has 0 unspecified atom stereocenters. The van der Waals surface area contributed by atoms with Gasteiger partial charge in [-0.15, -0.1) is 6.58 Å². The van der Waals surface area contributed by atoms with Crippen molar-refractivity contribution in [3.63, 3.8) is 0 Å². The highest BCUT2D eigenvalue weighted by Crippen LogP contribution is 2.40. The number of benzene rings is 1. The third-order valence-electron chi connectivity index (χ3n) is 14.1. The Morgan fingerprint density at radius 1 is 1.06 bits per heavy atom. The maximum Gasteiger partial charge on any atom is 0.341 e. The first-order chi connectivity index (χ1) is 32.9. The van der Waals surface area contributed by atoms with E-state index in [4.69, 9.17) is 35.3 Å². The third-order valence-corrected chi connectivity index (χ3v) is 14.4. The number of carbonyl (C=O) groups excluding carboxylic acids is 3. The fourth-order valence-electron chi connectivity index (χ4n) is 9.96. The molecule has 3 fully saturated rings. The molecular formula is C50H76ClN5O14. The summed E-state index contributed by atoms with van der Waals surface area (Å²) < 4.78 is 33.7. The number of aromatic nitrogens is 1. The van der Waals surface area contributed by atoms with Crippen molar-refractivity contribution in [1.82, 2.24) is 20.1 Å². The Kier molecular flexibility index (Phi) is 19.5. The van der Waals surface area contributed by atoms with Crippen molar-refractivity contribution in [3.8, 4) is 0 Å². The molecule has 2 aromatic rings. The zero-order chi connectivity index (χ0) is 52.0. The molecule has 1 saturated carbocycles. The number of hydrogen-bond acceptors (Lipinski definition) is 16. The van der Waals surface area contributed by atoms with Crippen molar-refractivity contribution >= 4 is 52.0 Å². The van der Waals surface area contributed by atoms with E-state index in [0.29, 0.717) is 35.7 Å². The van der Waals surface area contributed by atoms with Gasteiger partial charge >= 0.3 is 17.9 Å². The summed E-state index contributed by atoms with van der Waals surface area (Å²) in [5, 5.41) is 54.5. The van der Waals surface area contributed by atoms with Crippen molar-refractivity contribution < 1.29 is 63.3 Å². The molecule has 20 heteroatoms. The van der Waals surface area contributed by atoms with Crippen LogP contribution in [0.5, 0.6) is 0 Å². The van der Waals surface area contributed by atoms with Crippen LogP contribution >= 0.6 is 11.6 Å². The molecule has 392 valence electrons. The van der Waals surface area contributed by atoms with Crippen LogP contribution in [0.2, 0.25) is 5.02 Å². The normalized spacial score (nSPS) is 33.7. The average molecular weight is 1010 g/mol. The van der Waals surface area contributed by atoms with Crippen LogP contribution in [0.4, 0.5) is 5.69 Å². The summed E-state index contributed by atoms with van der Waals surface area (Å²) in [6.45, 7) is 17.7. The molecule has 14 atom stereocenters. The second kappa shape index (κ2) is 24.0. The van der Waals surface area contributed by atoms with E-state index in [1.165, 1.54) is 27.0 Å². The van der Waals surface area contributed by atoms with Gasteiger partial charge in [0.1, 0.15) is 29.5 Å². The van der Waals surface area contributed by atoms with Crippen molar-refractivity contribution in [2.45, 2.75) is 166 Å². The van der Waals surface area contributed by atoms with Crippen molar-refractivity contribution in [3.05, 3.63) is 51.8 Å². The number of nitrogens with zero attached hydrogens (tertiary/aromatic N) is 2. The maximum absolute atomic E-state index is 14.3. The van der Waals surface area contributed by atoms with E-state index < -0.39 is 101 Å². The Bertz CT molecular complexity index is 2240. The zero-order valence-corrected chi connectivity index (χ0v) is 43.0. The lowest BCUT2D eigenvalue weighted by molar-refractivity contribution is -0.302. The number of anilines is 1. The minimum atomic E-state index is -2.08. The van der Waals surface area contributed by atoms with Gasteiger partial charge in [-0.3, -0.25) is 19.2 Å². The summed E-state index contributed by atoms with van der Waals surface area (Å²) in [6.07, 6.45) is -2.84. The van der Waals surface area contributed by atoms with Gasteiger partial charge in [0.25, 0.3) is 0 Å². The molecule has 2 aliphatic heterocycles. The molecule has 1 aliphatic carbocycles. The topological polar surface area (TPSA) is 257 Å². The van der Waals surface area contributed by atoms with Gasteiger partial charge < -0.3 is 69.5 Å². The lowest BCUT2D eigenvalue weighted by Crippen LogP contribution is -2.60. The first-order valence-electron chi connectivity index (χ1n) is 24.4. The van der Waals surface area contributed by atoms with Crippen molar-refractivity contribution in [1.29, 1.82) is 0 Å². The highest BCUT2D eigenvalue weighted by atomic mass is 35.5. The molecule has 1 aromatic carbocycles. The largest absolute Gasteiger partial charge is 0.477 e. The number of hydrogen-bond donors (Lipinski definition) is 7. The summed E-state index contributed by atoms with van der Waals surface area (Å²) in [7, 11) is 3.69. The highest BCUT2D eigenvalue weighted by molar-refractivity contribution is 6.34. The molecular weight excluding hydrogens is 930 g/mol. The molecule has 0 radical (unpaired) electrons. The molecule has 0 spiro atoms. The predicted molar refractivity (Wildman–Crippen MR) is 263 cm³/mol. The van der Waals surface area contributed by atoms with Crippen molar-refractivity contribution in [2.24, 2.45) is 17.8 Å². The Morgan fingerprint density at radius 3 is 2.36 bits per heavy atom. The predicted octanol–water partition coefficient (Wildman–Crippen LogP) is 4.01. The van der Waals surface area contributed by atoms with Crippen molar-refractivity contribution in [2.75, 3.05) is 45.7 Å². The van der Waals surface area contributed by atoms with E-state index in [2.05, 4.69) is 22.5 Å². The molecule has 3 heterocycles. The van der Waals surface area contributed by atoms with Gasteiger partial charge in [-0.05, 0) is 93.0 Å². The monoisotopic (exact) mass is 1010 g/mol. The molecule has 5 rings (SSSR count). The molecule has 0 bridgehead atoms. The summed E-state index contributed by atoms with van der Waals surface area (Å²) in [5.74, 6) is -6.67. The number of esters is 2. The lowest BCUT2D eigenvalue weighted by Gasteiger charge is -2.48. The summed E-state index contributed by atoms with van der Waals surface area (Å²) in [5.41, 5.74) is -3.38. The molecule has 1 amide bonds. The standard InChI is InChI=1S/C50H76ClN5O14/c1-12-20-66-49(8)24-26(3)54-45(61)30(7)43(60)50(9,65)38(13-2)68-47(64)29(6)42(28(5)44(49)70-48-41(59)37(55(10)11)21-27(4)67-48)69-39(57)16-17-52-18-19-53-35-22-32-36(23-34(35)51)56(31-14-15-31)25-33(40(32)58)46(62)63/h12,22-23,25-31,37-38,41-44,48,52-53,59-60,65H,1,13-21,24H2,2-11H3,(H,54,61)(H,62,63)/t26-,27-,28+,29-,30-,37+,38-,41-,42+,43-,44-,48+,49-,50-/m1/s1. The van der Waals surface area contributed by atoms with Crippen LogP contribution in [0, 0.1) is 17.8 Å². The van der Waals surface area contributed by atoms with E-state index in [0.717, 1.165) is 12.8 Å². The van der Waals surface area contributed by atoms with Crippen LogP contribution in [0.3, 0.4) is 0 Å². The Hall–Kier alpha value is -4.18. The van der Waals surface area contributed by atoms with E-state index in [1.54, 1.807) is 50.5 Å². The lowest BCUT2D eigenvalue weighted by atomic mass is 9.78. The number of amides is 1. The SMILES string of the molecule is C=CCO[C@]1(C)C[C@@H](C)NC(=O)[C@H](C)[C@@H](O)[C@](C)(O)[C@@H](CC)OC(=O)[C@H](C)[C@@H](OC(=O)CCNCCNc2cc3c(=O)c(C(=O)O)cn(C4CC4)c3cc2Cl)[C@H](C)[C@H]1O[C@@H]1O[C@H](C)C[C@H](N(C)C)[C@H]1O. The number of ether oxygens (including phenoxy) is 5. The van der Waals surface area contributed by atoms with Gasteiger partial charge in [0.15, 0.2) is 6.29 Å². The van der Waals surface area contributed by atoms with Gasteiger partial charge in [0.05, 0.1) is 65.0 Å². The molecule has 7 N–H and O–H groups in total. The number of likely N-dealkylation sites (N-methyl/N-ethyl adjacent to an activating group) is 1. The van der Waals surface area contributed by atoms with E-state index >= 15 is 0 Å². The van der Waals surface area contributed by atoms with Crippen LogP contribution in [0.1, 0.15) is 110 Å². The minimum absolute atomic E-state index is 0.0200. The summed E-state index contributed by atoms with van der Waals surface area (Å²) >= 11 is 6.65. The Labute approximate surface area is 415 Å². The number of aliphatic hydroxyl groups excluding tert-OH is 2. The number of cyclic esters (lactones) is 1. The molecule has 19 nitrogen and oxygen atoms in total. The Balaban J connectivity index is 1.41. The van der Waals surface area contributed by atoms with Gasteiger partial charge in [-0.1, -0.05) is 38.4 Å². The average Bonchev–Trinajstić information content (AvgIpc) is 4.15. The van der Waals surface area contributed by atoms with Crippen LogP contribution < -0.4 is 21.4 Å². The van der Waals surface area contributed by atoms with Gasteiger partial charge in [-0.25, -0.2) is 4.79 Å². The fraction of sp³-hybridized carbons (Fsp3) is 0.700. The second-order valence-electron chi connectivity index (χ2n) is 20.1. The first kappa shape index (κ1) is 56.7. The fourth-order valence-corrected chi connectivity index (χ4v) is 10.2. The number of aliphatic hydroxyl groups is 3. The third kappa shape index (κ3) is 13.3. The molecule has 2 saturated heterocycles. The van der Waals surface area contributed by atoms with E-state index in [9.17, 15) is 44.4 Å². The smallest absolute Gasteiger partial charge is 0.341 e. The van der Waals surface area contributed by atoms with Gasteiger partial charge in [0.2, 0.25) is 11.3 Å².